The summed E-state index contributed by atoms with van der Waals surface area (Å²) in [6.45, 7) is 6.63. The van der Waals surface area contributed by atoms with Crippen molar-refractivity contribution in [3.63, 3.8) is 0 Å². The lowest BCUT2D eigenvalue weighted by molar-refractivity contribution is -0.120. The molecule has 2 aliphatic carbocycles. The maximum absolute atomic E-state index is 14.5. The Balaban J connectivity index is 0.000000147. The van der Waals surface area contributed by atoms with Crippen LogP contribution in [0, 0.1) is 40.8 Å². The van der Waals surface area contributed by atoms with Crippen molar-refractivity contribution in [2.24, 2.45) is 5.92 Å². The minimum atomic E-state index is -3.69. The van der Waals surface area contributed by atoms with Gasteiger partial charge in [0.2, 0.25) is 69.8 Å². The minimum absolute atomic E-state index is 0.0733. The molecule has 6 aliphatic rings. The number of aromatic nitrogens is 8. The van der Waals surface area contributed by atoms with Gasteiger partial charge in [0, 0.05) is 126 Å². The molecule has 2 fully saturated rings. The number of likely N-dealkylation sites (N-methyl/N-ethyl adjacent to an activating group) is 8. The van der Waals surface area contributed by atoms with Gasteiger partial charge in [-0.25, -0.2) is 89.4 Å². The molecule has 2 saturated carbocycles. The Hall–Kier alpha value is -13.7. The first-order chi connectivity index (χ1) is 65.6. The molecule has 0 radical (unpaired) electrons. The van der Waals surface area contributed by atoms with Gasteiger partial charge in [-0.1, -0.05) is 51.8 Å². The standard InChI is InChI=1S/C24H26F2N6O3S.C23H24F2N6O4S.C22H22F2N6O3S.C22H28N6O3S/c1-5-32(6-2)36(34,35)16-12-10-15(11-13-16)28-24-27-14-19-22(29-24)31(4)21(23(33)30(19)3)20-17(25)8-7-9-18(20)26;1-30-18-13-26-23(28-14-7-9-15(10-8-14)36(33,34)27-11-12-35-3)29-21(18)31(2)20(22(30)32)19-16(24)5-4-6-17(19)25;1-4-26-34(32,33)14-10-8-13(9-11-14)27-22-25-12-17-20(28-22)30(3)19(21(31)29(17)2)18-15(23)6-5-7-16(18)24;1-26-18(12-14-4-5-14)21(29)27(2)19-13-23-22(25-20(19)26)24-15-6-10-17(11-7-15)32(30,31)28(3)16-8-9-16/h7-14,21H,5-6H2,1-4H3,(H,27,28,29);4-10,13,20,27H,11-12H2,1-3H3,(H,26,28,29);5-12,19,26H,4H2,1-3H3,(H,25,27,28);6-7,10-11,13-14,16,18H,4-5,8-9,12H2,1-3H3,(H,23,24,25). The van der Waals surface area contributed by atoms with Crippen LogP contribution in [-0.2, 0) is 64.0 Å². The zero-order valence-electron chi connectivity index (χ0n) is 77.0. The number of amides is 4. The predicted molar refractivity (Wildman–Crippen MR) is 509 cm³/mol. The van der Waals surface area contributed by atoms with Crippen LogP contribution in [0.3, 0.4) is 0 Å². The minimum Gasteiger partial charge on any atom is -0.383 e. The third-order valence-corrected chi connectivity index (χ3v) is 30.9. The van der Waals surface area contributed by atoms with E-state index in [1.165, 1.54) is 173 Å². The lowest BCUT2D eigenvalue weighted by Crippen LogP contribution is -2.51. The van der Waals surface area contributed by atoms with Crippen LogP contribution >= 0.6 is 0 Å². The molecule has 6 N–H and O–H groups in total. The molecular weight excluding hydrogens is 1880 g/mol. The van der Waals surface area contributed by atoms with Crippen molar-refractivity contribution >= 4 is 156 Å². The number of benzene rings is 7. The van der Waals surface area contributed by atoms with Crippen molar-refractivity contribution in [1.82, 2.24) is 57.9 Å². The number of methoxy groups -OCH3 is 1. The van der Waals surface area contributed by atoms with Crippen molar-refractivity contribution in [2.75, 3.05) is 164 Å². The summed E-state index contributed by atoms with van der Waals surface area (Å²) in [6, 6.07) is 31.2. The number of fused-ring (bicyclic) bond motifs is 4. The zero-order chi connectivity index (χ0) is 99.5. The number of hydrogen-bond acceptors (Lipinski definition) is 29. The van der Waals surface area contributed by atoms with E-state index in [0.29, 0.717) is 87.9 Å². The van der Waals surface area contributed by atoms with Gasteiger partial charge in [0.1, 0.15) is 81.8 Å². The highest BCUT2D eigenvalue weighted by molar-refractivity contribution is 7.90. The average molecular weight is 1980 g/mol. The van der Waals surface area contributed by atoms with E-state index in [4.69, 9.17) is 4.74 Å². The van der Waals surface area contributed by atoms with Crippen LogP contribution in [0.4, 0.5) is 119 Å². The van der Waals surface area contributed by atoms with E-state index in [1.807, 2.05) is 11.9 Å². The summed E-state index contributed by atoms with van der Waals surface area (Å²) >= 11 is 0. The van der Waals surface area contributed by atoms with E-state index in [9.17, 15) is 79.2 Å². The third-order valence-electron chi connectivity index (χ3n) is 23.9. The van der Waals surface area contributed by atoms with Gasteiger partial charge >= 0.3 is 0 Å². The number of anilines is 16. The highest BCUT2D eigenvalue weighted by Crippen LogP contribution is 2.46. The Kier molecular flexibility index (Phi) is 30.0. The number of carbonyl (C=O) groups is 4. The lowest BCUT2D eigenvalue weighted by atomic mass is 10.0. The first-order valence-electron chi connectivity index (χ1n) is 43.4. The topological polar surface area (TPSA) is 422 Å². The molecule has 47 heteroatoms. The molecule has 0 saturated heterocycles. The van der Waals surface area contributed by atoms with Gasteiger partial charge in [-0.3, -0.25) is 19.2 Å². The third kappa shape index (κ3) is 21.1. The van der Waals surface area contributed by atoms with Crippen molar-refractivity contribution in [3.8, 4) is 0 Å². The van der Waals surface area contributed by atoms with Gasteiger partial charge in [-0.15, -0.1) is 0 Å². The van der Waals surface area contributed by atoms with Gasteiger partial charge < -0.3 is 65.2 Å². The average Bonchev–Trinajstić information content (AvgIpc) is 0.946. The highest BCUT2D eigenvalue weighted by Gasteiger charge is 2.46. The molecule has 11 aromatic rings. The number of rotatable bonds is 28. The van der Waals surface area contributed by atoms with Crippen LogP contribution in [0.1, 0.15) is 87.7 Å². The van der Waals surface area contributed by atoms with Crippen LogP contribution in [0.25, 0.3) is 0 Å². The second kappa shape index (κ2) is 41.3. The van der Waals surface area contributed by atoms with E-state index >= 15 is 0 Å². The molecule has 138 heavy (non-hydrogen) atoms. The van der Waals surface area contributed by atoms with Crippen LogP contribution < -0.4 is 69.9 Å². The molecule has 37 nitrogen and oxygen atoms in total. The van der Waals surface area contributed by atoms with E-state index in [0.717, 1.165) is 55.7 Å². The molecule has 728 valence electrons. The smallest absolute Gasteiger partial charge is 0.254 e. The normalized spacial score (nSPS) is 17.1. The Morgan fingerprint density at radius 1 is 0.384 bits per heavy atom. The monoisotopic (exact) mass is 1980 g/mol. The molecule has 17 rings (SSSR count). The zero-order valence-corrected chi connectivity index (χ0v) is 80.3. The molecule has 8 heterocycles. The maximum Gasteiger partial charge on any atom is 0.254 e. The fourth-order valence-corrected chi connectivity index (χ4v) is 20.8. The fourth-order valence-electron chi connectivity index (χ4n) is 15.8. The van der Waals surface area contributed by atoms with E-state index in [1.54, 1.807) is 107 Å². The van der Waals surface area contributed by atoms with Gasteiger partial charge in [0.15, 0.2) is 23.3 Å². The van der Waals surface area contributed by atoms with Gasteiger partial charge in [0.05, 0.1) is 67.7 Å². The largest absolute Gasteiger partial charge is 0.383 e. The Morgan fingerprint density at radius 3 is 0.964 bits per heavy atom. The highest BCUT2D eigenvalue weighted by atomic mass is 32.2. The number of hydrogen-bond donors (Lipinski definition) is 6. The van der Waals surface area contributed by atoms with Crippen molar-refractivity contribution in [2.45, 2.75) is 103 Å². The quantitative estimate of drug-likeness (QED) is 0.0196. The molecule has 4 aliphatic heterocycles. The van der Waals surface area contributed by atoms with Crippen molar-refractivity contribution in [1.29, 1.82) is 0 Å². The first kappa shape index (κ1) is 100. The van der Waals surface area contributed by atoms with E-state index in [2.05, 4.69) is 70.6 Å². The predicted octanol–water partition coefficient (Wildman–Crippen LogP) is 11.8. The molecule has 0 spiro atoms. The van der Waals surface area contributed by atoms with Crippen LogP contribution in [0.2, 0.25) is 0 Å². The summed E-state index contributed by atoms with van der Waals surface area (Å²) in [4.78, 5) is 99.1. The summed E-state index contributed by atoms with van der Waals surface area (Å²) in [5, 5.41) is 12.1. The van der Waals surface area contributed by atoms with Crippen LogP contribution in [0.5, 0.6) is 0 Å². The summed E-state index contributed by atoms with van der Waals surface area (Å²) in [6.07, 6.45) is 11.0. The summed E-state index contributed by atoms with van der Waals surface area (Å²) < 4.78 is 199. The Bertz CT molecular complexity index is 6860. The number of halogens is 6. The molecule has 4 unspecified atom stereocenters. The SMILES string of the molecule is CCN(CC)S(=O)(=O)c1ccc(Nc2ncc3c(n2)N(C)C(c2c(F)cccc2F)C(=O)N3C)cc1.CCNS(=O)(=O)c1ccc(Nc2ncc3c(n2)N(C)C(c2c(F)cccc2F)C(=O)N3C)cc1.CN1C(=O)C(CC2CC2)N(C)c2nc(Nc3ccc(S(=O)(=O)N(C)C4CC4)cc3)ncc21.COCCNS(=O)(=O)c1ccc(Nc2ncc3c(n2)N(C)C(c2c(F)cccc2F)C(=O)N3C)cc1. The number of ether oxygens (including phenoxy) is 1. The van der Waals surface area contributed by atoms with E-state index in [-0.39, 0.29) is 97.6 Å². The van der Waals surface area contributed by atoms with Crippen molar-refractivity contribution in [3.05, 3.63) is 228 Å². The molecule has 4 aromatic heterocycles. The van der Waals surface area contributed by atoms with Crippen LogP contribution in [-0.4, -0.2) is 221 Å². The Morgan fingerprint density at radius 2 is 0.674 bits per heavy atom. The fraction of sp³-hybridized carbons (Fsp3) is 0.319. The van der Waals surface area contributed by atoms with Gasteiger partial charge in [0.25, 0.3) is 17.7 Å². The second-order valence-electron chi connectivity index (χ2n) is 32.8. The molecular formula is C91H100F6N24O13S4. The summed E-state index contributed by atoms with van der Waals surface area (Å²) in [7, 11) is 1.48. The molecule has 0 bridgehead atoms. The number of nitrogens with zero attached hydrogens (tertiary/aromatic N) is 18. The number of carbonyl (C=O) groups excluding carboxylic acids is 4. The number of sulfonamides is 4. The lowest BCUT2D eigenvalue weighted by Gasteiger charge is -2.38. The molecule has 4 amide bonds. The molecule has 4 atom stereocenters. The number of nitrogens with one attached hydrogen (secondary N) is 6. The maximum atomic E-state index is 14.5. The van der Waals surface area contributed by atoms with Gasteiger partial charge in [-0.2, -0.15) is 28.5 Å². The van der Waals surface area contributed by atoms with Crippen LogP contribution in [0.15, 0.2) is 196 Å². The van der Waals surface area contributed by atoms with Gasteiger partial charge in [-0.05, 0) is 159 Å². The Labute approximate surface area is 793 Å². The summed E-state index contributed by atoms with van der Waals surface area (Å²) in [5.74, 6) is -3.45. The van der Waals surface area contributed by atoms with E-state index < -0.39 is 111 Å². The summed E-state index contributed by atoms with van der Waals surface area (Å²) in [5.41, 5.74) is 2.96. The molecule has 7 aromatic carbocycles. The van der Waals surface area contributed by atoms with Crippen molar-refractivity contribution < 1.29 is 83.9 Å². The first-order valence-corrected chi connectivity index (χ1v) is 49.2. The second-order valence-corrected chi connectivity index (χ2v) is 40.3.